The Kier molecular flexibility index (Phi) is 62.2. The van der Waals surface area contributed by atoms with E-state index in [0.717, 1.165) is 57.3 Å². The molecule has 0 aliphatic heterocycles. The summed E-state index contributed by atoms with van der Waals surface area (Å²) in [4.78, 5) is 64.6. The van der Waals surface area contributed by atoms with Crippen molar-refractivity contribution in [3.05, 3.63) is 73.9 Å². The van der Waals surface area contributed by atoms with Gasteiger partial charge in [-0.15, -0.1) is 0 Å². The largest absolute Gasteiger partial charge is 0.463 e. The highest BCUT2D eigenvalue weighted by atomic mass is 19.1. The lowest BCUT2D eigenvalue weighted by Crippen LogP contribution is -2.14. The molecule has 70 heavy (non-hydrogen) atoms. The Morgan fingerprint density at radius 2 is 0.871 bits per heavy atom. The molecule has 0 amide bonds. The number of hydrogen-bond donors (Lipinski definition) is 0. The fourth-order valence-corrected chi connectivity index (χ4v) is 4.36. The third-order valence-electron chi connectivity index (χ3n) is 8.93. The smallest absolute Gasteiger partial charge is 0.336 e. The van der Waals surface area contributed by atoms with Gasteiger partial charge >= 0.3 is 35.8 Å². The Hall–Kier alpha value is -4.81. The van der Waals surface area contributed by atoms with Gasteiger partial charge in [0.1, 0.15) is 6.67 Å². The number of carbonyl (C=O) groups excluding carboxylic acids is 6. The van der Waals surface area contributed by atoms with Gasteiger partial charge in [0.25, 0.3) is 0 Å². The Balaban J connectivity index is -0.000000177. The van der Waals surface area contributed by atoms with E-state index < -0.39 is 12.6 Å². The topological polar surface area (TPSA) is 158 Å². The highest BCUT2D eigenvalue weighted by molar-refractivity contribution is 5.88. The minimum Gasteiger partial charge on any atom is -0.463 e. The Bertz CT molecular complexity index is 1430. The number of esters is 6. The summed E-state index contributed by atoms with van der Waals surface area (Å²) < 4.78 is 40.9. The number of unbranched alkanes of at least 4 members (excludes halogenated alkanes) is 7. The van der Waals surface area contributed by atoms with E-state index >= 15 is 0 Å². The molecule has 408 valence electrons. The maximum atomic E-state index is 11.7. The van der Waals surface area contributed by atoms with Gasteiger partial charge in [-0.2, -0.15) is 0 Å². The lowest BCUT2D eigenvalue weighted by atomic mass is 10.0. The average molecular weight is 997 g/mol. The summed E-state index contributed by atoms with van der Waals surface area (Å²) in [6, 6.07) is 0. The van der Waals surface area contributed by atoms with Crippen LogP contribution in [0, 0.1) is 23.7 Å². The Morgan fingerprint density at radius 1 is 0.457 bits per heavy atom. The summed E-state index contributed by atoms with van der Waals surface area (Å²) >= 11 is 0. The maximum absolute atomic E-state index is 11.7. The number of ether oxygens (including phenoxy) is 6. The zero-order valence-corrected chi connectivity index (χ0v) is 46.5. The molecule has 0 aliphatic rings. The molecule has 13 heteroatoms. The van der Waals surface area contributed by atoms with Crippen molar-refractivity contribution in [2.24, 2.45) is 23.7 Å². The van der Waals surface area contributed by atoms with Gasteiger partial charge in [-0.3, -0.25) is 0 Å². The number of hydrogen-bond acceptors (Lipinski definition) is 12. The van der Waals surface area contributed by atoms with Crippen LogP contribution in [0.1, 0.15) is 186 Å². The number of carbonyl (C=O) groups is 6. The first kappa shape index (κ1) is 76.7. The van der Waals surface area contributed by atoms with Crippen LogP contribution >= 0.6 is 0 Å². The molecule has 0 rings (SSSR count). The predicted molar refractivity (Wildman–Crippen MR) is 286 cm³/mol. The summed E-state index contributed by atoms with van der Waals surface area (Å²) in [6.07, 6.45) is 18.6. The van der Waals surface area contributed by atoms with E-state index in [1.165, 1.54) is 50.7 Å². The van der Waals surface area contributed by atoms with Crippen molar-refractivity contribution in [3.63, 3.8) is 0 Å². The molecule has 0 saturated heterocycles. The third-order valence-corrected chi connectivity index (χ3v) is 8.93. The van der Waals surface area contributed by atoms with Gasteiger partial charge in [-0.05, 0) is 69.6 Å². The summed E-state index contributed by atoms with van der Waals surface area (Å²) in [5.41, 5.74) is 1.40. The molecule has 0 aromatic rings. The molecule has 0 aromatic carbocycles. The van der Waals surface area contributed by atoms with Gasteiger partial charge in [-0.25, -0.2) is 33.2 Å². The summed E-state index contributed by atoms with van der Waals surface area (Å²) in [6.45, 7) is 48.6. The molecule has 0 fully saturated rings. The fraction of sp³-hybridized carbons (Fsp3) is 0.684. The van der Waals surface area contributed by atoms with Crippen molar-refractivity contribution >= 4 is 35.8 Å². The zero-order chi connectivity index (χ0) is 55.3. The van der Waals surface area contributed by atoms with Gasteiger partial charge in [0.05, 0.1) is 45.2 Å². The van der Waals surface area contributed by atoms with E-state index in [2.05, 4.69) is 78.8 Å². The van der Waals surface area contributed by atoms with E-state index in [1.807, 2.05) is 41.5 Å². The van der Waals surface area contributed by atoms with Gasteiger partial charge in [0.2, 0.25) is 0 Å². The zero-order valence-electron chi connectivity index (χ0n) is 46.5. The molecule has 0 heterocycles. The molecule has 1 atom stereocenters. The first-order chi connectivity index (χ1) is 32.9. The van der Waals surface area contributed by atoms with Crippen LogP contribution in [0.15, 0.2) is 73.9 Å². The standard InChI is InChI=1S/C12H22O2.2C11H20O2.C8H13FO2.C8H14O2.C7H12O2/c1-5-7-8-11(6-2)9-14-12(13)10(3)4;1-4-11(12)13-9-7-5-6-8-10(2)3;1-4-6-7-8-9-13-11(12)10(3)5-2;1-3-4-5-11-8(10)7(2)6-9;1-6(2)5-10-8(9)7(3)4;1-4-7(8)9-5-6(2)3/h11H,3,5-9H2,1-2,4H3;4,10H,1,5-9H2,2-3H3;3-9H2,1-2H3;2-6H2,1H3;6H,3,5H2,1-2,4H3;4,6H,1,5H2,2-3H3. The highest BCUT2D eigenvalue weighted by Gasteiger charge is 2.10. The molecule has 0 saturated carbocycles. The van der Waals surface area contributed by atoms with Crippen LogP contribution < -0.4 is 0 Å². The number of halogens is 1. The predicted octanol–water partition coefficient (Wildman–Crippen LogP) is 14.3. The third kappa shape index (κ3) is 65.3. The van der Waals surface area contributed by atoms with Crippen molar-refractivity contribution in [2.75, 3.05) is 46.3 Å². The van der Waals surface area contributed by atoms with E-state index in [1.54, 1.807) is 13.8 Å². The SMILES string of the molecule is C=C(C)C(=O)OCC(C)C.C=C(C)C(=O)OCC(CC)CCCC.C=C(CC)C(=O)OCCCCCC.C=C(CF)C(=O)OCCCC.C=CC(=O)OCC(C)C.C=CC(=O)OCCCCCC(C)C. The van der Waals surface area contributed by atoms with Crippen LogP contribution in [0.2, 0.25) is 0 Å². The Labute approximate surface area is 426 Å². The van der Waals surface area contributed by atoms with Crippen molar-refractivity contribution in [1.82, 2.24) is 0 Å². The van der Waals surface area contributed by atoms with E-state index in [-0.39, 0.29) is 35.4 Å². The molecule has 1 unspecified atom stereocenters. The van der Waals surface area contributed by atoms with Crippen molar-refractivity contribution in [1.29, 1.82) is 0 Å². The molecule has 0 bridgehead atoms. The summed E-state index contributed by atoms with van der Waals surface area (Å²) in [7, 11) is 0. The van der Waals surface area contributed by atoms with Gasteiger partial charge in [0.15, 0.2) is 0 Å². The van der Waals surface area contributed by atoms with Crippen LogP contribution in [0.3, 0.4) is 0 Å². The minimum absolute atomic E-state index is 0.110. The lowest BCUT2D eigenvalue weighted by molar-refractivity contribution is -0.141. The fourth-order valence-electron chi connectivity index (χ4n) is 4.36. The second-order valence-corrected chi connectivity index (χ2v) is 17.8. The van der Waals surface area contributed by atoms with Crippen LogP contribution in [-0.2, 0) is 57.2 Å². The number of rotatable bonds is 32. The maximum Gasteiger partial charge on any atom is 0.336 e. The molecule has 12 nitrogen and oxygen atoms in total. The Morgan fingerprint density at radius 3 is 1.27 bits per heavy atom. The monoisotopic (exact) mass is 997 g/mol. The van der Waals surface area contributed by atoms with Gasteiger partial charge < -0.3 is 28.4 Å². The normalized spacial score (nSPS) is 10.1. The molecule has 0 radical (unpaired) electrons. The molecule has 0 aromatic heterocycles. The first-order valence-electron chi connectivity index (χ1n) is 25.4. The summed E-state index contributed by atoms with van der Waals surface area (Å²) in [5.74, 6) is -0.00710. The van der Waals surface area contributed by atoms with Crippen LogP contribution in [-0.4, -0.2) is 82.1 Å². The second kappa shape index (κ2) is 56.8. The molecule has 0 aliphatic carbocycles. The van der Waals surface area contributed by atoms with E-state index in [4.69, 9.17) is 23.7 Å². The molecular weight excluding hydrogens is 896 g/mol. The van der Waals surface area contributed by atoms with E-state index in [9.17, 15) is 33.2 Å². The van der Waals surface area contributed by atoms with Crippen molar-refractivity contribution < 1.29 is 61.6 Å². The van der Waals surface area contributed by atoms with Gasteiger partial charge in [0, 0.05) is 28.9 Å². The van der Waals surface area contributed by atoms with Crippen LogP contribution in [0.4, 0.5) is 4.39 Å². The van der Waals surface area contributed by atoms with Gasteiger partial charge in [-0.1, -0.05) is 180 Å². The first-order valence-corrected chi connectivity index (χ1v) is 25.4. The molecule has 0 spiro atoms. The lowest BCUT2D eigenvalue weighted by Gasteiger charge is -2.14. The average Bonchev–Trinajstić information content (AvgIpc) is 3.33. The highest BCUT2D eigenvalue weighted by Crippen LogP contribution is 2.13. The van der Waals surface area contributed by atoms with Crippen molar-refractivity contribution in [2.45, 2.75) is 186 Å². The number of alkyl halides is 1. The van der Waals surface area contributed by atoms with Crippen LogP contribution in [0.5, 0.6) is 0 Å². The second-order valence-electron chi connectivity index (χ2n) is 17.8. The quantitative estimate of drug-likeness (QED) is 0.0272. The van der Waals surface area contributed by atoms with E-state index in [0.29, 0.717) is 80.5 Å². The minimum atomic E-state index is -0.828. The van der Waals surface area contributed by atoms with Crippen LogP contribution in [0.25, 0.3) is 0 Å². The van der Waals surface area contributed by atoms with Crippen molar-refractivity contribution in [3.8, 4) is 0 Å². The molecule has 0 N–H and O–H groups in total. The summed E-state index contributed by atoms with van der Waals surface area (Å²) in [5, 5.41) is 0. The molecular formula is C57H101FO12.